The van der Waals surface area contributed by atoms with Crippen LogP contribution in [0, 0.1) is 0 Å². The average molecular weight is 167 g/mol. The Morgan fingerprint density at radius 3 is 3.17 bits per heavy atom. The van der Waals surface area contributed by atoms with E-state index in [4.69, 9.17) is 10.8 Å². The van der Waals surface area contributed by atoms with Crippen molar-refractivity contribution in [2.24, 2.45) is 0 Å². The highest BCUT2D eigenvalue weighted by Gasteiger charge is 2.06. The molecule has 0 radical (unpaired) electrons. The second kappa shape index (κ2) is 2.49. The first-order valence-corrected chi connectivity index (χ1v) is 3.60. The number of rotatable bonds is 2. The zero-order valence-electron chi connectivity index (χ0n) is 6.36. The summed E-state index contributed by atoms with van der Waals surface area (Å²) in [5.41, 5.74) is 6.74. The highest BCUT2D eigenvalue weighted by atomic mass is 16.3. The number of aromatic amines is 1. The Bertz CT molecular complexity index is 389. The lowest BCUT2D eigenvalue weighted by atomic mass is 10.4. The van der Waals surface area contributed by atoms with E-state index in [1.54, 1.807) is 6.20 Å². The van der Waals surface area contributed by atoms with Gasteiger partial charge in [-0.3, -0.25) is 5.10 Å². The standard InChI is InChI=1S/C6H9N5O/c7-4-3-8-11-6(4)9-5(10-11)1-2-12/h3,8,12H,1-2,7H2. The summed E-state index contributed by atoms with van der Waals surface area (Å²) in [6.07, 6.45) is 2.08. The smallest absolute Gasteiger partial charge is 0.198 e. The number of hydrogen-bond donors (Lipinski definition) is 3. The normalized spacial score (nSPS) is 11.1. The maximum absolute atomic E-state index is 8.62. The van der Waals surface area contributed by atoms with Crippen molar-refractivity contribution in [1.82, 2.24) is 19.8 Å². The molecule has 0 bridgehead atoms. The van der Waals surface area contributed by atoms with Crippen molar-refractivity contribution in [2.45, 2.75) is 6.42 Å². The van der Waals surface area contributed by atoms with Crippen molar-refractivity contribution in [3.8, 4) is 0 Å². The van der Waals surface area contributed by atoms with Crippen LogP contribution in [-0.2, 0) is 6.42 Å². The molecule has 0 saturated heterocycles. The summed E-state index contributed by atoms with van der Waals surface area (Å²) in [6, 6.07) is 0. The van der Waals surface area contributed by atoms with Crippen molar-refractivity contribution in [1.29, 1.82) is 0 Å². The number of nitrogen functional groups attached to an aromatic ring is 1. The summed E-state index contributed by atoms with van der Waals surface area (Å²) < 4.78 is 1.49. The molecule has 2 aromatic heterocycles. The van der Waals surface area contributed by atoms with Gasteiger partial charge in [0.1, 0.15) is 0 Å². The van der Waals surface area contributed by atoms with Gasteiger partial charge in [-0.15, -0.1) is 5.10 Å². The van der Waals surface area contributed by atoms with Crippen molar-refractivity contribution < 1.29 is 5.11 Å². The van der Waals surface area contributed by atoms with Crippen LogP contribution in [0.25, 0.3) is 5.65 Å². The monoisotopic (exact) mass is 167 g/mol. The lowest BCUT2D eigenvalue weighted by Gasteiger charge is -1.84. The molecule has 0 aromatic carbocycles. The topological polar surface area (TPSA) is 92.2 Å². The quantitative estimate of drug-likeness (QED) is 0.544. The Morgan fingerprint density at radius 2 is 2.50 bits per heavy atom. The largest absolute Gasteiger partial charge is 0.396 e. The molecule has 64 valence electrons. The van der Waals surface area contributed by atoms with Crippen LogP contribution in [0.1, 0.15) is 5.82 Å². The fraction of sp³-hybridized carbons (Fsp3) is 0.333. The summed E-state index contributed by atoms with van der Waals surface area (Å²) in [7, 11) is 0. The highest BCUT2D eigenvalue weighted by Crippen LogP contribution is 2.08. The van der Waals surface area contributed by atoms with Crippen molar-refractivity contribution in [2.75, 3.05) is 12.3 Å². The predicted molar refractivity (Wildman–Crippen MR) is 42.5 cm³/mol. The van der Waals surface area contributed by atoms with Crippen LogP contribution in [0.15, 0.2) is 6.20 Å². The van der Waals surface area contributed by atoms with Gasteiger partial charge in [-0.1, -0.05) is 0 Å². The molecule has 0 aliphatic rings. The summed E-state index contributed by atoms with van der Waals surface area (Å²) >= 11 is 0. The van der Waals surface area contributed by atoms with E-state index >= 15 is 0 Å². The molecular formula is C6H9N5O. The van der Waals surface area contributed by atoms with Crippen LogP contribution < -0.4 is 5.73 Å². The number of aromatic nitrogens is 4. The van der Waals surface area contributed by atoms with Crippen molar-refractivity contribution >= 4 is 11.3 Å². The number of hydrogen-bond acceptors (Lipinski definition) is 4. The highest BCUT2D eigenvalue weighted by molar-refractivity contribution is 5.62. The van der Waals surface area contributed by atoms with E-state index in [9.17, 15) is 0 Å². The van der Waals surface area contributed by atoms with Gasteiger partial charge in [0.25, 0.3) is 0 Å². The molecule has 0 spiro atoms. The van der Waals surface area contributed by atoms with Gasteiger partial charge in [0.2, 0.25) is 0 Å². The minimum atomic E-state index is 0.0487. The van der Waals surface area contributed by atoms with Crippen molar-refractivity contribution in [3.63, 3.8) is 0 Å². The first-order valence-electron chi connectivity index (χ1n) is 3.60. The van der Waals surface area contributed by atoms with Gasteiger partial charge in [0.05, 0.1) is 12.3 Å². The lowest BCUT2D eigenvalue weighted by Crippen LogP contribution is -1.94. The molecule has 12 heavy (non-hydrogen) atoms. The third-order valence-corrected chi connectivity index (χ3v) is 1.59. The van der Waals surface area contributed by atoms with Gasteiger partial charge in [0, 0.05) is 12.6 Å². The molecular weight excluding hydrogens is 158 g/mol. The van der Waals surface area contributed by atoms with E-state index in [2.05, 4.69) is 15.2 Å². The first kappa shape index (κ1) is 7.11. The molecule has 2 heterocycles. The Morgan fingerprint density at radius 1 is 1.67 bits per heavy atom. The number of nitrogens with zero attached hydrogens (tertiary/aromatic N) is 3. The molecule has 6 nitrogen and oxygen atoms in total. The summed E-state index contributed by atoms with van der Waals surface area (Å²) in [4.78, 5) is 4.10. The SMILES string of the molecule is Nc1c[nH]n2nc(CCO)nc12. The van der Waals surface area contributed by atoms with Gasteiger partial charge >= 0.3 is 0 Å². The number of fused-ring (bicyclic) bond motifs is 1. The van der Waals surface area contributed by atoms with Gasteiger partial charge in [-0.2, -0.15) is 4.63 Å². The van der Waals surface area contributed by atoms with E-state index in [1.807, 2.05) is 0 Å². The summed E-state index contributed by atoms with van der Waals surface area (Å²) in [6.45, 7) is 0.0487. The molecule has 2 rings (SSSR count). The molecule has 0 amide bonds. The van der Waals surface area contributed by atoms with Gasteiger partial charge < -0.3 is 10.8 Å². The zero-order chi connectivity index (χ0) is 8.55. The Kier molecular flexibility index (Phi) is 1.47. The van der Waals surface area contributed by atoms with Gasteiger partial charge in [-0.25, -0.2) is 4.98 Å². The number of nitrogens with two attached hydrogens (primary N) is 1. The second-order valence-corrected chi connectivity index (χ2v) is 2.47. The van der Waals surface area contributed by atoms with E-state index in [0.29, 0.717) is 23.6 Å². The first-order chi connectivity index (χ1) is 5.81. The maximum atomic E-state index is 8.62. The number of H-pyrrole nitrogens is 1. The van der Waals surface area contributed by atoms with Crippen LogP contribution in [0.4, 0.5) is 5.69 Å². The molecule has 2 aromatic rings. The average Bonchev–Trinajstić information content (AvgIpc) is 2.55. The summed E-state index contributed by atoms with van der Waals surface area (Å²) in [5.74, 6) is 0.594. The third kappa shape index (κ3) is 0.928. The number of nitrogens with one attached hydrogen (secondary N) is 1. The number of aliphatic hydroxyl groups excluding tert-OH is 1. The second-order valence-electron chi connectivity index (χ2n) is 2.47. The minimum absolute atomic E-state index is 0.0487. The van der Waals surface area contributed by atoms with E-state index in [-0.39, 0.29) is 6.61 Å². The molecule has 0 fully saturated rings. The van der Waals surface area contributed by atoms with Crippen LogP contribution in [0.2, 0.25) is 0 Å². The van der Waals surface area contributed by atoms with E-state index in [1.165, 1.54) is 4.63 Å². The van der Waals surface area contributed by atoms with Crippen LogP contribution in [0.5, 0.6) is 0 Å². The van der Waals surface area contributed by atoms with E-state index < -0.39 is 0 Å². The molecule has 0 aliphatic carbocycles. The molecule has 0 unspecified atom stereocenters. The number of aliphatic hydroxyl groups is 1. The van der Waals surface area contributed by atoms with Crippen LogP contribution in [0.3, 0.4) is 0 Å². The molecule has 0 aliphatic heterocycles. The zero-order valence-corrected chi connectivity index (χ0v) is 6.36. The van der Waals surface area contributed by atoms with E-state index in [0.717, 1.165) is 0 Å². The fourth-order valence-corrected chi connectivity index (χ4v) is 1.03. The molecule has 4 N–H and O–H groups in total. The van der Waals surface area contributed by atoms with Crippen LogP contribution in [-0.4, -0.2) is 31.5 Å². The minimum Gasteiger partial charge on any atom is -0.396 e. The number of anilines is 1. The van der Waals surface area contributed by atoms with Crippen molar-refractivity contribution in [3.05, 3.63) is 12.0 Å². The molecule has 6 heteroatoms. The molecule has 0 atom stereocenters. The maximum Gasteiger partial charge on any atom is 0.198 e. The predicted octanol–water partition coefficient (Wildman–Crippen LogP) is -0.826. The fourth-order valence-electron chi connectivity index (χ4n) is 1.03. The van der Waals surface area contributed by atoms with Crippen LogP contribution >= 0.6 is 0 Å². The molecule has 0 saturated carbocycles. The third-order valence-electron chi connectivity index (χ3n) is 1.59. The Hall–Kier alpha value is -1.56. The summed E-state index contributed by atoms with van der Waals surface area (Å²) in [5, 5.41) is 15.5. The Balaban J connectivity index is 2.48. The lowest BCUT2D eigenvalue weighted by molar-refractivity contribution is 0.296. The Labute approximate surface area is 68.0 Å². The van der Waals surface area contributed by atoms with Gasteiger partial charge in [0.15, 0.2) is 11.5 Å². The van der Waals surface area contributed by atoms with Gasteiger partial charge in [-0.05, 0) is 0 Å².